The van der Waals surface area contributed by atoms with Crippen LogP contribution in [0, 0.1) is 5.92 Å². The van der Waals surface area contributed by atoms with E-state index in [1.807, 2.05) is 31.2 Å². The molecule has 0 aromatic heterocycles. The lowest BCUT2D eigenvalue weighted by molar-refractivity contribution is -0.153. The Kier molecular flexibility index (Phi) is 4.79. The summed E-state index contributed by atoms with van der Waals surface area (Å²) in [5, 5.41) is 0.600. The van der Waals surface area contributed by atoms with Gasteiger partial charge >= 0.3 is 5.97 Å². The van der Waals surface area contributed by atoms with Crippen molar-refractivity contribution in [3.8, 4) is 5.75 Å². The molecule has 0 radical (unpaired) electrons. The van der Waals surface area contributed by atoms with Gasteiger partial charge in [0, 0.05) is 16.8 Å². The van der Waals surface area contributed by atoms with Crippen LogP contribution < -0.4 is 9.64 Å². The standard InChI is InChI=1S/C21H20ClNO4/c1-13-8-14-4-2-3-5-18(14)23(13)20(24)12-27-21(25)16-9-15-10-17(22)6-7-19(15)26-11-16/h2-7,10,13,16H,8-9,11-12H2,1H3/t13-,16+/m0/s1. The molecule has 0 aliphatic carbocycles. The van der Waals surface area contributed by atoms with Crippen LogP contribution in [0.5, 0.6) is 5.75 Å². The van der Waals surface area contributed by atoms with Gasteiger partial charge in [0.25, 0.3) is 5.91 Å². The van der Waals surface area contributed by atoms with E-state index in [1.54, 1.807) is 23.1 Å². The molecule has 0 bridgehead atoms. The van der Waals surface area contributed by atoms with Gasteiger partial charge in [-0.1, -0.05) is 29.8 Å². The van der Waals surface area contributed by atoms with E-state index in [-0.39, 0.29) is 25.2 Å². The molecule has 5 nitrogen and oxygen atoms in total. The number of hydrogen-bond donors (Lipinski definition) is 0. The summed E-state index contributed by atoms with van der Waals surface area (Å²) in [6.45, 7) is 1.97. The third-order valence-corrected chi connectivity index (χ3v) is 5.31. The van der Waals surface area contributed by atoms with Crippen LogP contribution in [-0.2, 0) is 27.2 Å². The lowest BCUT2D eigenvalue weighted by atomic mass is 9.97. The van der Waals surface area contributed by atoms with Gasteiger partial charge in [-0.3, -0.25) is 9.59 Å². The zero-order valence-corrected chi connectivity index (χ0v) is 15.7. The number of ether oxygens (including phenoxy) is 2. The molecule has 2 aromatic carbocycles. The maximum Gasteiger partial charge on any atom is 0.313 e. The minimum atomic E-state index is -0.438. The molecular weight excluding hydrogens is 366 g/mol. The summed E-state index contributed by atoms with van der Waals surface area (Å²) in [7, 11) is 0. The number of fused-ring (bicyclic) bond motifs is 2. The molecule has 0 N–H and O–H groups in total. The summed E-state index contributed by atoms with van der Waals surface area (Å²) in [4.78, 5) is 26.8. The second-order valence-electron chi connectivity index (χ2n) is 7.02. The van der Waals surface area contributed by atoms with Crippen LogP contribution in [0.3, 0.4) is 0 Å². The first-order valence-electron chi connectivity index (χ1n) is 9.01. The van der Waals surface area contributed by atoms with Crippen molar-refractivity contribution in [2.24, 2.45) is 5.92 Å². The molecule has 0 unspecified atom stereocenters. The van der Waals surface area contributed by atoms with Crippen molar-refractivity contribution < 1.29 is 19.1 Å². The summed E-state index contributed by atoms with van der Waals surface area (Å²) in [6.07, 6.45) is 1.30. The first kappa shape index (κ1) is 17.9. The van der Waals surface area contributed by atoms with Crippen molar-refractivity contribution in [2.45, 2.75) is 25.8 Å². The summed E-state index contributed by atoms with van der Waals surface area (Å²) >= 11 is 6.01. The predicted molar refractivity (Wildman–Crippen MR) is 102 cm³/mol. The molecule has 6 heteroatoms. The first-order valence-corrected chi connectivity index (χ1v) is 9.38. The number of amides is 1. The van der Waals surface area contributed by atoms with Crippen molar-refractivity contribution in [3.63, 3.8) is 0 Å². The topological polar surface area (TPSA) is 55.8 Å². The Labute approximate surface area is 162 Å². The van der Waals surface area contributed by atoms with Crippen LogP contribution >= 0.6 is 11.6 Å². The maximum atomic E-state index is 12.6. The van der Waals surface area contributed by atoms with Crippen molar-refractivity contribution in [1.82, 2.24) is 0 Å². The summed E-state index contributed by atoms with van der Waals surface area (Å²) in [5.74, 6) is -0.329. The van der Waals surface area contributed by atoms with Crippen LogP contribution in [-0.4, -0.2) is 31.1 Å². The number of hydrogen-bond acceptors (Lipinski definition) is 4. The van der Waals surface area contributed by atoms with Gasteiger partial charge in [0.15, 0.2) is 6.61 Å². The Balaban J connectivity index is 1.38. The largest absolute Gasteiger partial charge is 0.492 e. The summed E-state index contributed by atoms with van der Waals surface area (Å²) in [6, 6.07) is 13.2. The molecule has 1 amide bonds. The summed E-state index contributed by atoms with van der Waals surface area (Å²) < 4.78 is 10.9. The average molecular weight is 386 g/mol. The molecule has 2 aromatic rings. The predicted octanol–water partition coefficient (Wildman–Crippen LogP) is 3.41. The fraction of sp³-hybridized carbons (Fsp3) is 0.333. The highest BCUT2D eigenvalue weighted by molar-refractivity contribution is 6.30. The van der Waals surface area contributed by atoms with Crippen molar-refractivity contribution in [2.75, 3.05) is 18.1 Å². The zero-order chi connectivity index (χ0) is 19.0. The Morgan fingerprint density at radius 1 is 1.19 bits per heavy atom. The minimum absolute atomic E-state index is 0.0561. The van der Waals surface area contributed by atoms with Crippen LogP contribution in [0.4, 0.5) is 5.69 Å². The number of halogens is 1. The third kappa shape index (κ3) is 3.52. The fourth-order valence-electron chi connectivity index (χ4n) is 3.78. The molecule has 0 spiro atoms. The molecule has 0 saturated heterocycles. The lowest BCUT2D eigenvalue weighted by Gasteiger charge is -2.25. The Hall–Kier alpha value is -2.53. The number of carbonyl (C=O) groups is 2. The molecule has 4 rings (SSSR count). The third-order valence-electron chi connectivity index (χ3n) is 5.08. The number of para-hydroxylation sites is 1. The fourth-order valence-corrected chi connectivity index (χ4v) is 3.98. The highest BCUT2D eigenvalue weighted by atomic mass is 35.5. The van der Waals surface area contributed by atoms with Crippen molar-refractivity contribution >= 4 is 29.2 Å². The van der Waals surface area contributed by atoms with Gasteiger partial charge in [0.1, 0.15) is 12.4 Å². The van der Waals surface area contributed by atoms with Crippen molar-refractivity contribution in [3.05, 3.63) is 58.6 Å². The molecule has 0 fully saturated rings. The van der Waals surface area contributed by atoms with Crippen LogP contribution in [0.25, 0.3) is 0 Å². The van der Waals surface area contributed by atoms with Crippen molar-refractivity contribution in [1.29, 1.82) is 0 Å². The molecule has 2 aliphatic heterocycles. The molecule has 0 saturated carbocycles. The maximum absolute atomic E-state index is 12.6. The zero-order valence-electron chi connectivity index (χ0n) is 15.0. The van der Waals surface area contributed by atoms with E-state index in [9.17, 15) is 9.59 Å². The molecule has 2 atom stereocenters. The van der Waals surface area contributed by atoms with E-state index >= 15 is 0 Å². The molecule has 2 heterocycles. The Morgan fingerprint density at radius 3 is 2.85 bits per heavy atom. The van der Waals surface area contributed by atoms with Gasteiger partial charge in [-0.25, -0.2) is 0 Å². The molecule has 140 valence electrons. The number of anilines is 1. The number of rotatable bonds is 3. The van der Waals surface area contributed by atoms with E-state index in [0.717, 1.165) is 29.0 Å². The van der Waals surface area contributed by atoms with Gasteiger partial charge in [-0.05, 0) is 55.2 Å². The lowest BCUT2D eigenvalue weighted by Crippen LogP contribution is -2.40. The highest BCUT2D eigenvalue weighted by Crippen LogP contribution is 2.32. The second kappa shape index (κ2) is 7.24. The molecule has 2 aliphatic rings. The molecular formula is C21H20ClNO4. The van der Waals surface area contributed by atoms with Gasteiger partial charge in [-0.15, -0.1) is 0 Å². The Bertz CT molecular complexity index is 898. The summed E-state index contributed by atoms with van der Waals surface area (Å²) in [5.41, 5.74) is 2.92. The monoisotopic (exact) mass is 385 g/mol. The van der Waals surface area contributed by atoms with Crippen LogP contribution in [0.1, 0.15) is 18.1 Å². The average Bonchev–Trinajstić information content (AvgIpc) is 3.01. The second-order valence-corrected chi connectivity index (χ2v) is 7.45. The van der Waals surface area contributed by atoms with E-state index in [4.69, 9.17) is 21.1 Å². The van der Waals surface area contributed by atoms with Gasteiger partial charge < -0.3 is 14.4 Å². The van der Waals surface area contributed by atoms with Gasteiger partial charge in [0.2, 0.25) is 0 Å². The minimum Gasteiger partial charge on any atom is -0.492 e. The number of carbonyl (C=O) groups excluding carboxylic acids is 2. The van der Waals surface area contributed by atoms with Crippen LogP contribution in [0.15, 0.2) is 42.5 Å². The van der Waals surface area contributed by atoms with Crippen LogP contribution in [0.2, 0.25) is 5.02 Å². The Morgan fingerprint density at radius 2 is 2.00 bits per heavy atom. The van der Waals surface area contributed by atoms with E-state index in [0.29, 0.717) is 11.4 Å². The quantitative estimate of drug-likeness (QED) is 0.760. The molecule has 27 heavy (non-hydrogen) atoms. The highest BCUT2D eigenvalue weighted by Gasteiger charge is 2.32. The number of nitrogens with zero attached hydrogens (tertiary/aromatic N) is 1. The van der Waals surface area contributed by atoms with Gasteiger partial charge in [-0.2, -0.15) is 0 Å². The smallest absolute Gasteiger partial charge is 0.313 e. The SMILES string of the molecule is C[C@H]1Cc2ccccc2N1C(=O)COC(=O)[C@H]1COc2ccc(Cl)cc2C1. The van der Waals surface area contributed by atoms with Gasteiger partial charge in [0.05, 0.1) is 5.92 Å². The van der Waals surface area contributed by atoms with E-state index in [1.165, 1.54) is 0 Å². The van der Waals surface area contributed by atoms with E-state index in [2.05, 4.69) is 0 Å². The van der Waals surface area contributed by atoms with E-state index < -0.39 is 11.9 Å². The normalized spacial score (nSPS) is 20.4. The first-order chi connectivity index (χ1) is 13.0. The number of benzene rings is 2. The number of esters is 1.